The zero-order valence-electron chi connectivity index (χ0n) is 17.1. The van der Waals surface area contributed by atoms with Gasteiger partial charge in [-0.25, -0.2) is 4.39 Å². The Morgan fingerprint density at radius 3 is 2.67 bits per heavy atom. The van der Waals surface area contributed by atoms with Crippen molar-refractivity contribution in [1.82, 2.24) is 4.90 Å². The average molecular weight is 414 g/mol. The molecular weight excluding hydrogens is 387 g/mol. The Labute approximate surface area is 175 Å². The molecule has 0 spiro atoms. The molecule has 0 aromatic heterocycles. The monoisotopic (exact) mass is 414 g/mol. The molecule has 0 radical (unpaired) electrons. The van der Waals surface area contributed by atoms with Crippen molar-refractivity contribution in [2.24, 2.45) is 11.1 Å². The fourth-order valence-electron chi connectivity index (χ4n) is 3.97. The van der Waals surface area contributed by atoms with E-state index in [1.165, 1.54) is 12.1 Å². The van der Waals surface area contributed by atoms with Crippen molar-refractivity contribution in [2.45, 2.75) is 25.9 Å². The number of likely N-dealkylation sites (tertiary alicyclic amines) is 1. The highest BCUT2D eigenvalue weighted by atomic mass is 19.1. The van der Waals surface area contributed by atoms with Crippen molar-refractivity contribution in [3.63, 3.8) is 0 Å². The molecule has 2 amide bonds. The fraction of sp³-hybridized carbons (Fsp3) is 0.391. The summed E-state index contributed by atoms with van der Waals surface area (Å²) < 4.78 is 24.1. The number of rotatable bonds is 8. The Kier molecular flexibility index (Phi) is 7.05. The molecule has 1 heterocycles. The van der Waals surface area contributed by atoms with Gasteiger partial charge >= 0.3 is 0 Å². The Balaban J connectivity index is 1.75. The van der Waals surface area contributed by atoms with E-state index >= 15 is 0 Å². The van der Waals surface area contributed by atoms with Crippen molar-refractivity contribution in [2.75, 3.05) is 26.8 Å². The first-order valence-corrected chi connectivity index (χ1v) is 9.95. The van der Waals surface area contributed by atoms with Gasteiger partial charge in [0.25, 0.3) is 5.91 Å². The minimum Gasteiger partial charge on any atom is -0.493 e. The second-order valence-corrected chi connectivity index (χ2v) is 7.85. The first-order chi connectivity index (χ1) is 14.4. The number of halogens is 1. The highest BCUT2D eigenvalue weighted by Crippen LogP contribution is 2.35. The highest BCUT2D eigenvalue weighted by Gasteiger charge is 2.39. The number of primary amides is 1. The van der Waals surface area contributed by atoms with Gasteiger partial charge in [0.1, 0.15) is 11.6 Å². The molecule has 2 N–H and O–H groups in total. The van der Waals surface area contributed by atoms with Crippen LogP contribution in [0.25, 0.3) is 0 Å². The quantitative estimate of drug-likeness (QED) is 0.719. The van der Waals surface area contributed by atoms with Gasteiger partial charge in [0.15, 0.2) is 0 Å². The predicted octanol–water partition coefficient (Wildman–Crippen LogP) is 3.15. The second kappa shape index (κ2) is 9.71. The smallest absolute Gasteiger partial charge is 0.253 e. The summed E-state index contributed by atoms with van der Waals surface area (Å²) in [6, 6.07) is 13.1. The normalized spacial score (nSPS) is 18.8. The number of carbonyl (C=O) groups excluding carboxylic acids is 2. The summed E-state index contributed by atoms with van der Waals surface area (Å²) >= 11 is 0. The van der Waals surface area contributed by atoms with Crippen LogP contribution in [-0.2, 0) is 16.1 Å². The average Bonchev–Trinajstić information content (AvgIpc) is 2.73. The number of ether oxygens (including phenoxy) is 2. The van der Waals surface area contributed by atoms with Crippen LogP contribution in [0.1, 0.15) is 35.2 Å². The lowest BCUT2D eigenvalue weighted by molar-refractivity contribution is -0.122. The van der Waals surface area contributed by atoms with E-state index in [-0.39, 0.29) is 24.8 Å². The minimum atomic E-state index is -0.585. The van der Waals surface area contributed by atoms with Crippen LogP contribution < -0.4 is 10.5 Å². The van der Waals surface area contributed by atoms with Crippen molar-refractivity contribution in [3.05, 3.63) is 65.5 Å². The van der Waals surface area contributed by atoms with Crippen LogP contribution in [0.2, 0.25) is 0 Å². The van der Waals surface area contributed by atoms with Crippen LogP contribution in [0.15, 0.2) is 48.5 Å². The zero-order valence-corrected chi connectivity index (χ0v) is 17.1. The number of methoxy groups -OCH3 is 1. The summed E-state index contributed by atoms with van der Waals surface area (Å²) in [6.45, 7) is 1.61. The van der Waals surface area contributed by atoms with Gasteiger partial charge < -0.3 is 20.1 Å². The third kappa shape index (κ3) is 5.57. The summed E-state index contributed by atoms with van der Waals surface area (Å²) in [5.41, 5.74) is 6.44. The number of nitrogens with zero attached hydrogens (tertiary/aromatic N) is 1. The van der Waals surface area contributed by atoms with Crippen LogP contribution in [-0.4, -0.2) is 43.5 Å². The Morgan fingerprint density at radius 1 is 1.20 bits per heavy atom. The molecule has 1 atom stereocenters. The van der Waals surface area contributed by atoms with E-state index in [0.29, 0.717) is 37.4 Å². The Hall–Kier alpha value is -2.93. The van der Waals surface area contributed by atoms with Crippen LogP contribution in [0.4, 0.5) is 4.39 Å². The summed E-state index contributed by atoms with van der Waals surface area (Å²) in [5.74, 6) is -0.368. The zero-order chi connectivity index (χ0) is 21.6. The van der Waals surface area contributed by atoms with E-state index < -0.39 is 11.3 Å². The van der Waals surface area contributed by atoms with Gasteiger partial charge in [-0.1, -0.05) is 12.1 Å². The van der Waals surface area contributed by atoms with Crippen LogP contribution in [0, 0.1) is 11.2 Å². The summed E-state index contributed by atoms with van der Waals surface area (Å²) in [5, 5.41) is 0. The van der Waals surface area contributed by atoms with E-state index in [1.807, 2.05) is 18.2 Å². The lowest BCUT2D eigenvalue weighted by atomic mass is 9.77. The molecule has 2 aromatic carbocycles. The van der Waals surface area contributed by atoms with Gasteiger partial charge in [-0.05, 0) is 54.8 Å². The topological polar surface area (TPSA) is 81.9 Å². The van der Waals surface area contributed by atoms with Gasteiger partial charge in [-0.3, -0.25) is 9.59 Å². The molecule has 1 aliphatic heterocycles. The molecule has 160 valence electrons. The largest absolute Gasteiger partial charge is 0.493 e. The first-order valence-electron chi connectivity index (χ1n) is 9.95. The number of hydrogen-bond donors (Lipinski definition) is 1. The van der Waals surface area contributed by atoms with Crippen molar-refractivity contribution >= 4 is 11.8 Å². The standard InChI is InChI=1S/C23H27FN2O4/c1-29-14-17-4-2-5-18(12-17)22(28)26-11-3-10-23(15-26,13-21(25)27)16-30-20-8-6-19(24)7-9-20/h2,4-9,12H,3,10-11,13-16H2,1H3,(H2,25,27). The molecule has 0 aliphatic carbocycles. The maximum Gasteiger partial charge on any atom is 0.253 e. The van der Waals surface area contributed by atoms with Crippen LogP contribution >= 0.6 is 0 Å². The number of hydrogen-bond acceptors (Lipinski definition) is 4. The molecule has 3 rings (SSSR count). The summed E-state index contributed by atoms with van der Waals surface area (Å²) in [6.07, 6.45) is 1.57. The fourth-order valence-corrected chi connectivity index (χ4v) is 3.97. The van der Waals surface area contributed by atoms with Crippen molar-refractivity contribution in [1.29, 1.82) is 0 Å². The van der Waals surface area contributed by atoms with Gasteiger partial charge in [0.05, 0.1) is 13.2 Å². The number of piperidine rings is 1. The maximum atomic E-state index is 13.1. The first kappa shape index (κ1) is 21.8. The number of nitrogens with two attached hydrogens (primary N) is 1. The molecule has 7 heteroatoms. The van der Waals surface area contributed by atoms with Gasteiger partial charge in [0, 0.05) is 37.6 Å². The molecule has 0 bridgehead atoms. The van der Waals surface area contributed by atoms with Gasteiger partial charge in [-0.2, -0.15) is 0 Å². The summed E-state index contributed by atoms with van der Waals surface area (Å²) in [7, 11) is 1.61. The molecule has 1 unspecified atom stereocenters. The van der Waals surface area contributed by atoms with Gasteiger partial charge in [-0.15, -0.1) is 0 Å². The molecule has 0 saturated carbocycles. The maximum absolute atomic E-state index is 13.1. The Bertz CT molecular complexity index is 887. The van der Waals surface area contributed by atoms with Crippen LogP contribution in [0.5, 0.6) is 5.75 Å². The van der Waals surface area contributed by atoms with Gasteiger partial charge in [0.2, 0.25) is 5.91 Å². The van der Waals surface area contributed by atoms with E-state index in [0.717, 1.165) is 12.0 Å². The minimum absolute atomic E-state index is 0.0942. The summed E-state index contributed by atoms with van der Waals surface area (Å²) in [4.78, 5) is 26.7. The predicted molar refractivity (Wildman–Crippen MR) is 110 cm³/mol. The van der Waals surface area contributed by atoms with Crippen molar-refractivity contribution in [3.8, 4) is 5.75 Å². The highest BCUT2D eigenvalue weighted by molar-refractivity contribution is 5.94. The molecule has 1 fully saturated rings. The molecule has 6 nitrogen and oxygen atoms in total. The van der Waals surface area contributed by atoms with E-state index in [2.05, 4.69) is 0 Å². The lowest BCUT2D eigenvalue weighted by Crippen LogP contribution is -2.50. The lowest BCUT2D eigenvalue weighted by Gasteiger charge is -2.42. The number of benzene rings is 2. The van der Waals surface area contributed by atoms with E-state index in [9.17, 15) is 14.0 Å². The molecule has 1 aliphatic rings. The van der Waals surface area contributed by atoms with E-state index in [1.54, 1.807) is 30.2 Å². The third-order valence-corrected chi connectivity index (χ3v) is 5.34. The Morgan fingerprint density at radius 2 is 1.97 bits per heavy atom. The number of amides is 2. The number of carbonyl (C=O) groups is 2. The SMILES string of the molecule is COCc1cccc(C(=O)N2CCCC(COc3ccc(F)cc3)(CC(N)=O)C2)c1. The van der Waals surface area contributed by atoms with E-state index in [4.69, 9.17) is 15.2 Å². The third-order valence-electron chi connectivity index (χ3n) is 5.34. The molecule has 30 heavy (non-hydrogen) atoms. The van der Waals surface area contributed by atoms with Crippen LogP contribution in [0.3, 0.4) is 0 Å². The molecule has 1 saturated heterocycles. The molecular formula is C23H27FN2O4. The molecule has 2 aromatic rings. The van der Waals surface area contributed by atoms with Crippen molar-refractivity contribution < 1.29 is 23.5 Å². The second-order valence-electron chi connectivity index (χ2n) is 7.85.